The second kappa shape index (κ2) is 5.17. The molecule has 1 aliphatic rings. The summed E-state index contributed by atoms with van der Waals surface area (Å²) in [4.78, 5) is 5.18. The number of hydrogen-bond donors (Lipinski definition) is 0. The monoisotopic (exact) mass is 337 g/mol. The minimum absolute atomic E-state index is 0.0610. The number of rotatable bonds is 1. The van der Waals surface area contributed by atoms with Crippen LogP contribution < -0.4 is 0 Å². The van der Waals surface area contributed by atoms with Gasteiger partial charge in [0.2, 0.25) is 0 Å². The Hall–Kier alpha value is -2.67. The van der Waals surface area contributed by atoms with E-state index in [0.717, 1.165) is 11.2 Å². The molecule has 0 aliphatic heterocycles. The highest BCUT2D eigenvalue weighted by Crippen LogP contribution is 2.48. The van der Waals surface area contributed by atoms with Crippen LogP contribution in [-0.4, -0.2) is 4.98 Å². The highest BCUT2D eigenvalue weighted by molar-refractivity contribution is 6.03. The summed E-state index contributed by atoms with van der Waals surface area (Å²) in [6.45, 7) is 9.19. The molecule has 0 saturated carbocycles. The molecule has 0 bridgehead atoms. The molecule has 1 aliphatic carbocycles. The van der Waals surface area contributed by atoms with Crippen LogP contribution in [0, 0.1) is 0 Å². The molecular formula is C25H23N. The van der Waals surface area contributed by atoms with Crippen LogP contribution in [-0.2, 0) is 5.41 Å². The van der Waals surface area contributed by atoms with E-state index in [0.29, 0.717) is 5.92 Å². The largest absolute Gasteiger partial charge is 0.247 e. The molecule has 5 rings (SSSR count). The Morgan fingerprint density at radius 3 is 2.35 bits per heavy atom. The van der Waals surface area contributed by atoms with Crippen molar-refractivity contribution < 1.29 is 0 Å². The van der Waals surface area contributed by atoms with Crippen molar-refractivity contribution in [2.75, 3.05) is 0 Å². The van der Waals surface area contributed by atoms with E-state index < -0.39 is 0 Å². The Labute approximate surface area is 154 Å². The molecule has 26 heavy (non-hydrogen) atoms. The average Bonchev–Trinajstić information content (AvgIpc) is 2.64. The Balaban J connectivity index is 1.97. The van der Waals surface area contributed by atoms with E-state index in [1.165, 1.54) is 38.4 Å². The van der Waals surface area contributed by atoms with Gasteiger partial charge in [-0.05, 0) is 45.5 Å². The Morgan fingerprint density at radius 1 is 0.846 bits per heavy atom. The van der Waals surface area contributed by atoms with Crippen LogP contribution in [0.3, 0.4) is 0 Å². The van der Waals surface area contributed by atoms with Crippen LogP contribution in [0.2, 0.25) is 0 Å². The molecule has 0 spiro atoms. The summed E-state index contributed by atoms with van der Waals surface area (Å²) < 4.78 is 0. The lowest BCUT2D eigenvalue weighted by molar-refractivity contribution is 0.643. The van der Waals surface area contributed by atoms with Crippen molar-refractivity contribution in [1.82, 2.24) is 4.98 Å². The number of benzene rings is 3. The van der Waals surface area contributed by atoms with Crippen molar-refractivity contribution in [1.29, 1.82) is 0 Å². The van der Waals surface area contributed by atoms with Crippen LogP contribution >= 0.6 is 0 Å². The minimum Gasteiger partial charge on any atom is -0.247 e. The fourth-order valence-corrected chi connectivity index (χ4v) is 4.61. The van der Waals surface area contributed by atoms with Crippen molar-refractivity contribution in [3.05, 3.63) is 77.4 Å². The molecule has 1 heterocycles. The third kappa shape index (κ3) is 1.94. The summed E-state index contributed by atoms with van der Waals surface area (Å²) >= 11 is 0. The smallest absolute Gasteiger partial charge is 0.0756 e. The number of hydrogen-bond acceptors (Lipinski definition) is 1. The standard InChI is InChI=1S/C25H23N/c1-15(2)17-10-7-13-22-19(17)14-21-24(26-22)18-11-5-8-16-9-6-12-20(23(16)18)25(21,3)4/h5-15H,1-4H3. The number of pyridine rings is 1. The molecule has 0 atom stereocenters. The second-order valence-corrected chi connectivity index (χ2v) is 8.29. The van der Waals surface area contributed by atoms with Gasteiger partial charge in [-0.2, -0.15) is 0 Å². The Bertz CT molecular complexity index is 1180. The summed E-state index contributed by atoms with van der Waals surface area (Å²) in [5.41, 5.74) is 7.57. The van der Waals surface area contributed by atoms with E-state index in [1.54, 1.807) is 0 Å². The zero-order valence-electron chi connectivity index (χ0n) is 15.8. The predicted molar refractivity (Wildman–Crippen MR) is 111 cm³/mol. The van der Waals surface area contributed by atoms with Crippen LogP contribution in [0.1, 0.15) is 50.3 Å². The summed E-state index contributed by atoms with van der Waals surface area (Å²) in [7, 11) is 0. The SMILES string of the molecule is CC(C)c1cccc2nc3c(cc12)C(C)(C)c1cccc2cccc-3c12. The molecule has 0 unspecified atom stereocenters. The van der Waals surface area contributed by atoms with Gasteiger partial charge in [0, 0.05) is 16.4 Å². The van der Waals surface area contributed by atoms with Gasteiger partial charge >= 0.3 is 0 Å². The molecule has 1 aromatic heterocycles. The summed E-state index contributed by atoms with van der Waals surface area (Å²) in [5.74, 6) is 0.487. The van der Waals surface area contributed by atoms with Gasteiger partial charge in [0.25, 0.3) is 0 Å². The number of fused-ring (bicyclic) bond motifs is 3. The molecule has 0 N–H and O–H groups in total. The van der Waals surface area contributed by atoms with E-state index in [1.807, 2.05) is 0 Å². The highest BCUT2D eigenvalue weighted by Gasteiger charge is 2.34. The summed E-state index contributed by atoms with van der Waals surface area (Å²) in [6, 6.07) is 22.2. The molecular weight excluding hydrogens is 314 g/mol. The van der Waals surface area contributed by atoms with Gasteiger partial charge in [0.05, 0.1) is 11.2 Å². The van der Waals surface area contributed by atoms with Crippen molar-refractivity contribution >= 4 is 21.7 Å². The Kier molecular flexibility index (Phi) is 3.10. The average molecular weight is 337 g/mol. The highest BCUT2D eigenvalue weighted by atomic mass is 14.7. The summed E-state index contributed by atoms with van der Waals surface area (Å²) in [5, 5.41) is 3.96. The zero-order chi connectivity index (χ0) is 18.1. The third-order valence-corrected chi connectivity index (χ3v) is 6.02. The molecule has 0 amide bonds. The fraction of sp³-hybridized carbons (Fsp3) is 0.240. The maximum atomic E-state index is 5.18. The van der Waals surface area contributed by atoms with E-state index in [2.05, 4.69) is 88.4 Å². The van der Waals surface area contributed by atoms with Crippen molar-refractivity contribution in [2.24, 2.45) is 0 Å². The van der Waals surface area contributed by atoms with Gasteiger partial charge in [0.15, 0.2) is 0 Å². The lowest BCUT2D eigenvalue weighted by Crippen LogP contribution is -2.24. The van der Waals surface area contributed by atoms with Gasteiger partial charge in [-0.15, -0.1) is 0 Å². The van der Waals surface area contributed by atoms with E-state index in [9.17, 15) is 0 Å². The first-order chi connectivity index (χ1) is 12.5. The maximum Gasteiger partial charge on any atom is 0.0756 e. The van der Waals surface area contributed by atoms with Gasteiger partial charge in [0.1, 0.15) is 0 Å². The van der Waals surface area contributed by atoms with E-state index >= 15 is 0 Å². The van der Waals surface area contributed by atoms with Crippen LogP contribution in [0.15, 0.2) is 60.7 Å². The first-order valence-electron chi connectivity index (χ1n) is 9.45. The second-order valence-electron chi connectivity index (χ2n) is 8.29. The molecule has 0 fully saturated rings. The van der Waals surface area contributed by atoms with Gasteiger partial charge in [-0.25, -0.2) is 4.98 Å². The van der Waals surface area contributed by atoms with Crippen LogP contribution in [0.25, 0.3) is 32.9 Å². The first kappa shape index (κ1) is 15.6. The zero-order valence-corrected chi connectivity index (χ0v) is 15.8. The normalized spacial score (nSPS) is 14.8. The molecule has 1 nitrogen and oxygen atoms in total. The fourth-order valence-electron chi connectivity index (χ4n) is 4.61. The number of aromatic nitrogens is 1. The first-order valence-corrected chi connectivity index (χ1v) is 9.45. The summed E-state index contributed by atoms with van der Waals surface area (Å²) in [6.07, 6.45) is 0. The molecule has 1 heteroatoms. The van der Waals surface area contributed by atoms with Crippen molar-refractivity contribution in [3.63, 3.8) is 0 Å². The quantitative estimate of drug-likeness (QED) is 0.371. The molecule has 0 radical (unpaired) electrons. The number of nitrogens with zero attached hydrogens (tertiary/aromatic N) is 1. The lowest BCUT2D eigenvalue weighted by atomic mass is 9.69. The molecule has 128 valence electrons. The van der Waals surface area contributed by atoms with E-state index in [-0.39, 0.29) is 5.41 Å². The molecule has 3 aromatic carbocycles. The third-order valence-electron chi connectivity index (χ3n) is 6.02. The molecule has 4 aromatic rings. The van der Waals surface area contributed by atoms with Gasteiger partial charge in [-0.3, -0.25) is 0 Å². The van der Waals surface area contributed by atoms with Crippen molar-refractivity contribution in [2.45, 2.75) is 39.0 Å². The topological polar surface area (TPSA) is 12.9 Å². The Morgan fingerprint density at radius 2 is 1.58 bits per heavy atom. The van der Waals surface area contributed by atoms with Crippen LogP contribution in [0.4, 0.5) is 0 Å². The van der Waals surface area contributed by atoms with Crippen LogP contribution in [0.5, 0.6) is 0 Å². The predicted octanol–water partition coefficient (Wildman–Crippen LogP) is 6.82. The molecule has 0 saturated heterocycles. The van der Waals surface area contributed by atoms with Gasteiger partial charge < -0.3 is 0 Å². The van der Waals surface area contributed by atoms with E-state index in [4.69, 9.17) is 4.98 Å². The lowest BCUT2D eigenvalue weighted by Gasteiger charge is -2.34. The van der Waals surface area contributed by atoms with Gasteiger partial charge in [-0.1, -0.05) is 76.2 Å². The minimum atomic E-state index is -0.0610. The van der Waals surface area contributed by atoms with Crippen molar-refractivity contribution in [3.8, 4) is 11.3 Å². The maximum absolute atomic E-state index is 5.18.